The number of rotatable bonds is 5. The van der Waals surface area contributed by atoms with Gasteiger partial charge in [-0.2, -0.15) is 0 Å². The summed E-state index contributed by atoms with van der Waals surface area (Å²) in [4.78, 5) is 3.79. The molecule has 102 valence electrons. The summed E-state index contributed by atoms with van der Waals surface area (Å²) in [5, 5.41) is 2.93. The molecule has 5 heteroatoms. The summed E-state index contributed by atoms with van der Waals surface area (Å²) in [7, 11) is 1.65. The lowest BCUT2D eigenvalue weighted by Gasteiger charge is -2.09. The van der Waals surface area contributed by atoms with Crippen molar-refractivity contribution in [2.24, 2.45) is 10.7 Å². The lowest BCUT2D eigenvalue weighted by Crippen LogP contribution is -2.34. The van der Waals surface area contributed by atoms with Gasteiger partial charge in [0.15, 0.2) is 5.96 Å². The molecular weight excluding hydrogens is 341 g/mol. The molecule has 18 heavy (non-hydrogen) atoms. The summed E-state index contributed by atoms with van der Waals surface area (Å²) in [6.45, 7) is 5.56. The molecule has 1 rings (SSSR count). The van der Waals surface area contributed by atoms with E-state index in [2.05, 4.69) is 36.3 Å². The summed E-state index contributed by atoms with van der Waals surface area (Å²) in [5.74, 6) is 1.86. The predicted octanol–water partition coefficient (Wildman–Crippen LogP) is 2.34. The van der Waals surface area contributed by atoms with Crippen LogP contribution in [0.4, 0.5) is 0 Å². The minimum atomic E-state index is 0. The molecule has 1 aromatic carbocycles. The molecule has 0 aliphatic rings. The molecule has 0 aromatic heterocycles. The molecule has 0 bridgehead atoms. The molecule has 0 amide bonds. The second-order valence-electron chi connectivity index (χ2n) is 4.11. The second kappa shape index (κ2) is 9.02. The Morgan fingerprint density at radius 1 is 1.33 bits per heavy atom. The Balaban J connectivity index is 0.00000289. The van der Waals surface area contributed by atoms with Gasteiger partial charge in [0.2, 0.25) is 0 Å². The van der Waals surface area contributed by atoms with Crippen molar-refractivity contribution >= 4 is 29.9 Å². The van der Waals surface area contributed by atoms with Crippen LogP contribution >= 0.6 is 24.0 Å². The van der Waals surface area contributed by atoms with Crippen LogP contribution in [0.5, 0.6) is 5.75 Å². The Bertz CT molecular complexity index is 363. The standard InChI is InChI=1S/C13H21N3O.HI/c1-10(2)11-4-6-12(7-5-11)17-9-8-16-13(14)15-3;/h4-7,10H,8-9H2,1-3H3,(H3,14,15,16);1H. The number of hydrogen-bond acceptors (Lipinski definition) is 2. The third-order valence-electron chi connectivity index (χ3n) is 2.46. The highest BCUT2D eigenvalue weighted by atomic mass is 127. The number of ether oxygens (including phenoxy) is 1. The maximum atomic E-state index is 5.56. The van der Waals surface area contributed by atoms with Crippen LogP contribution in [0.1, 0.15) is 25.3 Å². The zero-order valence-corrected chi connectivity index (χ0v) is 13.5. The number of nitrogens with one attached hydrogen (secondary N) is 1. The summed E-state index contributed by atoms with van der Waals surface area (Å²) < 4.78 is 5.56. The topological polar surface area (TPSA) is 59.6 Å². The van der Waals surface area contributed by atoms with Crippen LogP contribution in [0.15, 0.2) is 29.3 Å². The largest absolute Gasteiger partial charge is 0.492 e. The molecule has 1 aromatic rings. The van der Waals surface area contributed by atoms with Crippen LogP contribution < -0.4 is 15.8 Å². The molecule has 0 fully saturated rings. The molecule has 0 heterocycles. The fourth-order valence-electron chi connectivity index (χ4n) is 1.38. The zero-order valence-electron chi connectivity index (χ0n) is 11.1. The summed E-state index contributed by atoms with van der Waals surface area (Å²) in [6, 6.07) is 8.17. The van der Waals surface area contributed by atoms with E-state index in [1.54, 1.807) is 7.05 Å². The fourth-order valence-corrected chi connectivity index (χ4v) is 1.38. The first-order chi connectivity index (χ1) is 8.13. The van der Waals surface area contributed by atoms with Crippen molar-refractivity contribution in [3.63, 3.8) is 0 Å². The number of aliphatic imine (C=N–C) groups is 1. The smallest absolute Gasteiger partial charge is 0.188 e. The third kappa shape index (κ3) is 6.09. The van der Waals surface area contributed by atoms with Gasteiger partial charge in [0.1, 0.15) is 12.4 Å². The van der Waals surface area contributed by atoms with Gasteiger partial charge in [-0.15, -0.1) is 24.0 Å². The summed E-state index contributed by atoms with van der Waals surface area (Å²) in [5.41, 5.74) is 6.81. The van der Waals surface area contributed by atoms with Crippen LogP contribution in [0.2, 0.25) is 0 Å². The lowest BCUT2D eigenvalue weighted by molar-refractivity contribution is 0.322. The van der Waals surface area contributed by atoms with E-state index in [1.165, 1.54) is 5.56 Å². The van der Waals surface area contributed by atoms with E-state index in [-0.39, 0.29) is 24.0 Å². The summed E-state index contributed by atoms with van der Waals surface area (Å²) >= 11 is 0. The number of halogens is 1. The maximum Gasteiger partial charge on any atom is 0.188 e. The van der Waals surface area contributed by atoms with Crippen molar-refractivity contribution in [3.05, 3.63) is 29.8 Å². The molecular formula is C13H22IN3O. The van der Waals surface area contributed by atoms with Crippen LogP contribution in [0, 0.1) is 0 Å². The van der Waals surface area contributed by atoms with Crippen LogP contribution in [-0.2, 0) is 0 Å². The van der Waals surface area contributed by atoms with E-state index in [0.29, 0.717) is 25.0 Å². The molecule has 0 radical (unpaired) electrons. The minimum Gasteiger partial charge on any atom is -0.492 e. The Hall–Kier alpha value is -0.980. The average molecular weight is 363 g/mol. The molecule has 0 saturated heterocycles. The van der Waals surface area contributed by atoms with Gasteiger partial charge in [-0.25, -0.2) is 0 Å². The number of benzene rings is 1. The first-order valence-electron chi connectivity index (χ1n) is 5.82. The highest BCUT2D eigenvalue weighted by Crippen LogP contribution is 2.18. The van der Waals surface area contributed by atoms with Crippen molar-refractivity contribution in [2.75, 3.05) is 20.2 Å². The Labute approximate surface area is 126 Å². The minimum absolute atomic E-state index is 0. The molecule has 0 saturated carbocycles. The van der Waals surface area contributed by atoms with Gasteiger partial charge >= 0.3 is 0 Å². The van der Waals surface area contributed by atoms with Gasteiger partial charge in [-0.05, 0) is 23.6 Å². The van der Waals surface area contributed by atoms with Gasteiger partial charge < -0.3 is 15.8 Å². The Kier molecular flexibility index (Phi) is 8.53. The van der Waals surface area contributed by atoms with E-state index in [9.17, 15) is 0 Å². The van der Waals surface area contributed by atoms with Crippen molar-refractivity contribution in [1.29, 1.82) is 0 Å². The molecule has 0 aliphatic carbocycles. The van der Waals surface area contributed by atoms with Crippen LogP contribution in [-0.4, -0.2) is 26.2 Å². The quantitative estimate of drug-likeness (QED) is 0.365. The monoisotopic (exact) mass is 363 g/mol. The molecule has 0 aliphatic heterocycles. The first-order valence-corrected chi connectivity index (χ1v) is 5.82. The molecule has 0 atom stereocenters. The van der Waals surface area contributed by atoms with Crippen molar-refractivity contribution in [3.8, 4) is 5.75 Å². The van der Waals surface area contributed by atoms with Gasteiger partial charge in [0.05, 0.1) is 6.54 Å². The number of nitrogens with zero attached hydrogens (tertiary/aromatic N) is 1. The van der Waals surface area contributed by atoms with E-state index in [1.807, 2.05) is 12.1 Å². The van der Waals surface area contributed by atoms with E-state index in [0.717, 1.165) is 5.75 Å². The van der Waals surface area contributed by atoms with Crippen molar-refractivity contribution in [1.82, 2.24) is 5.32 Å². The predicted molar refractivity (Wildman–Crippen MR) is 87.0 cm³/mol. The van der Waals surface area contributed by atoms with E-state index >= 15 is 0 Å². The summed E-state index contributed by atoms with van der Waals surface area (Å²) in [6.07, 6.45) is 0. The van der Waals surface area contributed by atoms with Gasteiger partial charge in [-0.1, -0.05) is 26.0 Å². The second-order valence-corrected chi connectivity index (χ2v) is 4.11. The highest BCUT2D eigenvalue weighted by Gasteiger charge is 1.99. The molecule has 0 spiro atoms. The van der Waals surface area contributed by atoms with Crippen molar-refractivity contribution in [2.45, 2.75) is 19.8 Å². The molecule has 3 N–H and O–H groups in total. The zero-order chi connectivity index (χ0) is 12.7. The van der Waals surface area contributed by atoms with Gasteiger partial charge in [0.25, 0.3) is 0 Å². The normalized spacial score (nSPS) is 11.0. The average Bonchev–Trinajstić information content (AvgIpc) is 2.34. The third-order valence-corrected chi connectivity index (χ3v) is 2.46. The lowest BCUT2D eigenvalue weighted by atomic mass is 10.0. The van der Waals surface area contributed by atoms with E-state index in [4.69, 9.17) is 10.5 Å². The van der Waals surface area contributed by atoms with Crippen LogP contribution in [0.3, 0.4) is 0 Å². The maximum absolute atomic E-state index is 5.56. The molecule has 0 unspecified atom stereocenters. The highest BCUT2D eigenvalue weighted by molar-refractivity contribution is 14.0. The van der Waals surface area contributed by atoms with Crippen LogP contribution in [0.25, 0.3) is 0 Å². The SMILES string of the molecule is CN=C(N)NCCOc1ccc(C(C)C)cc1.I. The molecule has 4 nitrogen and oxygen atoms in total. The fraction of sp³-hybridized carbons (Fsp3) is 0.462. The van der Waals surface area contributed by atoms with Gasteiger partial charge in [0, 0.05) is 7.05 Å². The Morgan fingerprint density at radius 2 is 1.94 bits per heavy atom. The number of hydrogen-bond donors (Lipinski definition) is 2. The Morgan fingerprint density at radius 3 is 2.44 bits per heavy atom. The van der Waals surface area contributed by atoms with E-state index < -0.39 is 0 Å². The van der Waals surface area contributed by atoms with Gasteiger partial charge in [-0.3, -0.25) is 4.99 Å². The number of guanidine groups is 1. The first kappa shape index (κ1) is 17.0. The van der Waals surface area contributed by atoms with Crippen molar-refractivity contribution < 1.29 is 4.74 Å². The number of nitrogens with two attached hydrogens (primary N) is 1.